The van der Waals surface area contributed by atoms with Gasteiger partial charge in [0.05, 0.1) is 21.8 Å². The summed E-state index contributed by atoms with van der Waals surface area (Å²) in [5.41, 5.74) is 4.13. The third kappa shape index (κ3) is 2.78. The van der Waals surface area contributed by atoms with Crippen LogP contribution in [0.15, 0.2) is 77.9 Å². The minimum absolute atomic E-state index is 0.102. The van der Waals surface area contributed by atoms with Gasteiger partial charge in [-0.2, -0.15) is 5.10 Å². The van der Waals surface area contributed by atoms with Crippen LogP contribution in [0.5, 0.6) is 5.75 Å². The first-order valence-electron chi connectivity index (χ1n) is 8.83. The Morgan fingerprint density at radius 2 is 1.59 bits per heavy atom. The molecule has 0 spiro atoms. The van der Waals surface area contributed by atoms with Crippen molar-refractivity contribution in [2.75, 3.05) is 0 Å². The van der Waals surface area contributed by atoms with E-state index in [1.54, 1.807) is 6.07 Å². The lowest BCUT2D eigenvalue weighted by atomic mass is 9.96. The Morgan fingerprint density at radius 3 is 2.44 bits per heavy atom. The summed E-state index contributed by atoms with van der Waals surface area (Å²) in [7, 11) is 0. The van der Waals surface area contributed by atoms with Crippen LogP contribution in [0.3, 0.4) is 0 Å². The van der Waals surface area contributed by atoms with Gasteiger partial charge in [-0.3, -0.25) is 0 Å². The van der Waals surface area contributed by atoms with E-state index in [1.165, 1.54) is 0 Å². The molecule has 27 heavy (non-hydrogen) atoms. The molecule has 0 aromatic heterocycles. The minimum atomic E-state index is -0.419. The first-order valence-corrected chi connectivity index (χ1v) is 9.58. The van der Waals surface area contributed by atoms with Crippen molar-refractivity contribution in [1.82, 2.24) is 5.01 Å². The molecule has 0 bridgehead atoms. The van der Waals surface area contributed by atoms with Crippen LogP contribution in [-0.2, 0) is 0 Å². The average molecular weight is 395 g/mol. The van der Waals surface area contributed by atoms with Crippen molar-refractivity contribution in [3.63, 3.8) is 0 Å². The van der Waals surface area contributed by atoms with Gasteiger partial charge in [0.15, 0.2) is 0 Å². The highest BCUT2D eigenvalue weighted by molar-refractivity contribution is 6.42. The highest BCUT2D eigenvalue weighted by Crippen LogP contribution is 2.48. The normalized spacial score (nSPS) is 20.5. The van der Waals surface area contributed by atoms with Gasteiger partial charge in [-0.15, -0.1) is 0 Å². The molecule has 3 nitrogen and oxygen atoms in total. The standard InChI is InChI=1S/C22H16Cl2N2O/c23-17-11-6-10-16(21(17)24)22-26-19(15-9-4-5-12-20(15)27-22)13-18(25-26)14-7-2-1-3-8-14/h1-12,19,22H,13H2/t19-,22+/m0/s1. The molecule has 0 amide bonds. The summed E-state index contributed by atoms with van der Waals surface area (Å²) >= 11 is 12.8. The largest absolute Gasteiger partial charge is 0.464 e. The van der Waals surface area contributed by atoms with Gasteiger partial charge in [-0.05, 0) is 17.7 Å². The van der Waals surface area contributed by atoms with Crippen molar-refractivity contribution in [3.05, 3.63) is 99.5 Å². The highest BCUT2D eigenvalue weighted by atomic mass is 35.5. The molecule has 2 aliphatic heterocycles. The van der Waals surface area contributed by atoms with E-state index < -0.39 is 6.23 Å². The summed E-state index contributed by atoms with van der Waals surface area (Å²) < 4.78 is 6.33. The lowest BCUT2D eigenvalue weighted by molar-refractivity contribution is -0.0189. The zero-order valence-corrected chi connectivity index (χ0v) is 15.9. The van der Waals surface area contributed by atoms with Crippen LogP contribution in [0.25, 0.3) is 0 Å². The van der Waals surface area contributed by atoms with E-state index in [-0.39, 0.29) is 6.04 Å². The summed E-state index contributed by atoms with van der Waals surface area (Å²) in [6.45, 7) is 0. The molecular weight excluding hydrogens is 379 g/mol. The smallest absolute Gasteiger partial charge is 0.215 e. The zero-order chi connectivity index (χ0) is 18.4. The van der Waals surface area contributed by atoms with Gasteiger partial charge >= 0.3 is 0 Å². The molecule has 2 aliphatic rings. The van der Waals surface area contributed by atoms with Crippen molar-refractivity contribution in [2.45, 2.75) is 18.7 Å². The first-order chi connectivity index (χ1) is 13.2. The van der Waals surface area contributed by atoms with Gasteiger partial charge in [0, 0.05) is 17.5 Å². The molecule has 5 rings (SSSR count). The molecule has 0 saturated heterocycles. The number of ether oxygens (including phenoxy) is 1. The lowest BCUT2D eigenvalue weighted by Crippen LogP contribution is -2.33. The van der Waals surface area contributed by atoms with Gasteiger partial charge in [0.2, 0.25) is 6.23 Å². The fourth-order valence-corrected chi connectivity index (χ4v) is 4.16. The molecule has 0 radical (unpaired) electrons. The zero-order valence-electron chi connectivity index (χ0n) is 14.3. The lowest BCUT2D eigenvalue weighted by Gasteiger charge is -2.38. The number of fused-ring (bicyclic) bond motifs is 3. The van der Waals surface area contributed by atoms with Crippen LogP contribution in [0.2, 0.25) is 10.0 Å². The number of hydrogen-bond acceptors (Lipinski definition) is 3. The Bertz CT molecular complexity index is 1040. The van der Waals surface area contributed by atoms with E-state index in [0.29, 0.717) is 10.0 Å². The van der Waals surface area contributed by atoms with Crippen molar-refractivity contribution in [3.8, 4) is 5.75 Å². The predicted octanol–water partition coefficient (Wildman–Crippen LogP) is 6.24. The maximum atomic E-state index is 6.51. The number of para-hydroxylation sites is 1. The summed E-state index contributed by atoms with van der Waals surface area (Å²) in [5.74, 6) is 0.865. The van der Waals surface area contributed by atoms with Crippen LogP contribution >= 0.6 is 23.2 Å². The third-order valence-corrected chi connectivity index (χ3v) is 5.89. The molecule has 2 atom stereocenters. The Morgan fingerprint density at radius 1 is 0.852 bits per heavy atom. The fourth-order valence-electron chi connectivity index (χ4n) is 3.76. The minimum Gasteiger partial charge on any atom is -0.464 e. The molecular formula is C22H16Cl2N2O. The second-order valence-corrected chi connectivity index (χ2v) is 7.45. The Balaban J connectivity index is 1.64. The van der Waals surface area contributed by atoms with Crippen LogP contribution in [-0.4, -0.2) is 10.7 Å². The van der Waals surface area contributed by atoms with Crippen LogP contribution in [0.1, 0.15) is 35.4 Å². The monoisotopic (exact) mass is 394 g/mol. The van der Waals surface area contributed by atoms with E-state index in [2.05, 4.69) is 18.2 Å². The van der Waals surface area contributed by atoms with Gasteiger partial charge < -0.3 is 4.74 Å². The third-order valence-electron chi connectivity index (χ3n) is 5.05. The fraction of sp³-hybridized carbons (Fsp3) is 0.136. The summed E-state index contributed by atoms with van der Waals surface area (Å²) in [5, 5.41) is 7.97. The summed E-state index contributed by atoms with van der Waals surface area (Å²) in [6, 6.07) is 24.1. The number of halogens is 2. The van der Waals surface area contributed by atoms with Crippen LogP contribution in [0.4, 0.5) is 0 Å². The van der Waals surface area contributed by atoms with Crippen molar-refractivity contribution >= 4 is 28.9 Å². The maximum absolute atomic E-state index is 6.51. The van der Waals surface area contributed by atoms with Crippen LogP contribution < -0.4 is 4.74 Å². The predicted molar refractivity (Wildman–Crippen MR) is 108 cm³/mol. The second-order valence-electron chi connectivity index (χ2n) is 6.66. The van der Waals surface area contributed by atoms with E-state index in [0.717, 1.165) is 34.6 Å². The Labute approximate surface area is 167 Å². The first kappa shape index (κ1) is 16.7. The van der Waals surface area contributed by atoms with E-state index in [9.17, 15) is 0 Å². The van der Waals surface area contributed by atoms with Crippen LogP contribution in [0, 0.1) is 0 Å². The van der Waals surface area contributed by atoms with Gasteiger partial charge in [0.25, 0.3) is 0 Å². The van der Waals surface area contributed by atoms with Crippen molar-refractivity contribution in [1.29, 1.82) is 0 Å². The van der Waals surface area contributed by atoms with Crippen molar-refractivity contribution in [2.24, 2.45) is 5.10 Å². The molecule has 0 N–H and O–H groups in total. The molecule has 0 aliphatic carbocycles. The van der Waals surface area contributed by atoms with Gasteiger partial charge in [-0.1, -0.05) is 83.9 Å². The molecule has 3 aromatic carbocycles. The Kier molecular flexibility index (Phi) is 4.07. The quantitative estimate of drug-likeness (QED) is 0.513. The van der Waals surface area contributed by atoms with Crippen molar-refractivity contribution < 1.29 is 4.74 Å². The SMILES string of the molecule is Clc1cccc([C@H]2Oc3ccccc3[C@@H]3CC(c4ccccc4)=NN23)c1Cl. The second kappa shape index (κ2) is 6.59. The molecule has 2 heterocycles. The summed E-state index contributed by atoms with van der Waals surface area (Å²) in [4.78, 5) is 0. The van der Waals surface area contributed by atoms with Gasteiger partial charge in [0.1, 0.15) is 5.75 Å². The topological polar surface area (TPSA) is 24.8 Å². The molecule has 5 heteroatoms. The molecule has 134 valence electrons. The average Bonchev–Trinajstić information content (AvgIpc) is 3.16. The highest BCUT2D eigenvalue weighted by Gasteiger charge is 2.41. The number of nitrogens with zero attached hydrogens (tertiary/aromatic N) is 2. The van der Waals surface area contributed by atoms with E-state index in [1.807, 2.05) is 53.5 Å². The van der Waals surface area contributed by atoms with Gasteiger partial charge in [-0.25, -0.2) is 5.01 Å². The van der Waals surface area contributed by atoms with E-state index in [4.69, 9.17) is 33.0 Å². The Hall–Kier alpha value is -2.49. The maximum Gasteiger partial charge on any atom is 0.215 e. The summed E-state index contributed by atoms with van der Waals surface area (Å²) in [6.07, 6.45) is 0.399. The number of hydrazone groups is 1. The molecule has 0 unspecified atom stereocenters. The molecule has 0 saturated carbocycles. The number of benzene rings is 3. The molecule has 0 fully saturated rings. The number of hydrogen-bond donors (Lipinski definition) is 0. The van der Waals surface area contributed by atoms with E-state index >= 15 is 0 Å². The number of rotatable bonds is 2. The molecule has 3 aromatic rings.